The van der Waals surface area contributed by atoms with Crippen LogP contribution in [0.5, 0.6) is 0 Å². The van der Waals surface area contributed by atoms with Crippen molar-refractivity contribution in [3.05, 3.63) is 35.4 Å². The maximum absolute atomic E-state index is 12.2. The second-order valence-electron chi connectivity index (χ2n) is 5.25. The summed E-state index contributed by atoms with van der Waals surface area (Å²) in [5, 5.41) is 2.63. The molecule has 0 heterocycles. The molecule has 0 bridgehead atoms. The summed E-state index contributed by atoms with van der Waals surface area (Å²) in [5.41, 5.74) is 0.550. The van der Waals surface area contributed by atoms with Gasteiger partial charge in [0.25, 0.3) is 5.91 Å². The van der Waals surface area contributed by atoms with E-state index in [-0.39, 0.29) is 17.0 Å². The molecule has 6 nitrogen and oxygen atoms in total. The lowest BCUT2D eigenvalue weighted by Crippen LogP contribution is -2.42. The van der Waals surface area contributed by atoms with Crippen molar-refractivity contribution >= 4 is 17.8 Å². The van der Waals surface area contributed by atoms with Crippen LogP contribution >= 0.6 is 0 Å². The Balaban J connectivity index is 2.90. The monoisotopic (exact) mass is 307 g/mol. The van der Waals surface area contributed by atoms with Crippen molar-refractivity contribution < 1.29 is 23.9 Å². The summed E-state index contributed by atoms with van der Waals surface area (Å²) in [6.45, 7) is 3.89. The fraction of sp³-hybridized carbons (Fsp3) is 0.438. The molecule has 6 heteroatoms. The molecule has 1 atom stereocenters. The van der Waals surface area contributed by atoms with Crippen molar-refractivity contribution in [3.63, 3.8) is 0 Å². The van der Waals surface area contributed by atoms with Crippen LogP contribution in [0.4, 0.5) is 0 Å². The van der Waals surface area contributed by atoms with E-state index in [9.17, 15) is 14.4 Å². The van der Waals surface area contributed by atoms with Crippen LogP contribution in [-0.2, 0) is 14.3 Å². The minimum Gasteiger partial charge on any atom is -0.467 e. The highest BCUT2D eigenvalue weighted by Crippen LogP contribution is 2.10. The molecule has 1 aromatic carbocycles. The Kier molecular flexibility index (Phi) is 6.56. The number of benzene rings is 1. The smallest absolute Gasteiger partial charge is 0.337 e. The van der Waals surface area contributed by atoms with Crippen molar-refractivity contribution in [1.29, 1.82) is 0 Å². The van der Waals surface area contributed by atoms with Gasteiger partial charge in [-0.25, -0.2) is 9.59 Å². The molecular formula is C16H21NO5. The average molecular weight is 307 g/mol. The van der Waals surface area contributed by atoms with Crippen molar-refractivity contribution in [2.75, 3.05) is 14.2 Å². The molecule has 1 unspecified atom stereocenters. The molecule has 0 saturated carbocycles. The van der Waals surface area contributed by atoms with Gasteiger partial charge in [0.05, 0.1) is 19.8 Å². The first kappa shape index (κ1) is 17.7. The molecule has 1 N–H and O–H groups in total. The van der Waals surface area contributed by atoms with Crippen molar-refractivity contribution in [2.45, 2.75) is 26.3 Å². The Labute approximate surface area is 129 Å². The number of hydrogen-bond donors (Lipinski definition) is 1. The van der Waals surface area contributed by atoms with E-state index in [2.05, 4.69) is 10.1 Å². The molecule has 0 aliphatic heterocycles. The first-order chi connectivity index (χ1) is 10.4. The zero-order chi connectivity index (χ0) is 16.7. The SMILES string of the molecule is COC(=O)c1cccc(C(=O)NC(CC(C)C)C(=O)OC)c1. The summed E-state index contributed by atoms with van der Waals surface area (Å²) in [7, 11) is 2.55. The summed E-state index contributed by atoms with van der Waals surface area (Å²) in [6.07, 6.45) is 0.467. The van der Waals surface area contributed by atoms with E-state index in [1.807, 2.05) is 13.8 Å². The zero-order valence-corrected chi connectivity index (χ0v) is 13.2. The van der Waals surface area contributed by atoms with Crippen molar-refractivity contribution in [2.24, 2.45) is 5.92 Å². The third-order valence-electron chi connectivity index (χ3n) is 3.04. The summed E-state index contributed by atoms with van der Waals surface area (Å²) in [5.74, 6) is -1.25. The van der Waals surface area contributed by atoms with Gasteiger partial charge in [-0.05, 0) is 30.5 Å². The Morgan fingerprint density at radius 2 is 1.73 bits per heavy atom. The molecule has 0 radical (unpaired) electrons. The lowest BCUT2D eigenvalue weighted by atomic mass is 10.0. The summed E-state index contributed by atoms with van der Waals surface area (Å²) < 4.78 is 9.32. The number of methoxy groups -OCH3 is 2. The maximum atomic E-state index is 12.2. The topological polar surface area (TPSA) is 81.7 Å². The number of hydrogen-bond acceptors (Lipinski definition) is 5. The van der Waals surface area contributed by atoms with Crippen LogP contribution in [0.3, 0.4) is 0 Å². The van der Waals surface area contributed by atoms with Gasteiger partial charge >= 0.3 is 11.9 Å². The second-order valence-corrected chi connectivity index (χ2v) is 5.25. The Hall–Kier alpha value is -2.37. The Morgan fingerprint density at radius 1 is 1.09 bits per heavy atom. The Bertz CT molecular complexity index is 553. The number of rotatable bonds is 6. The normalized spacial score (nSPS) is 11.7. The third kappa shape index (κ3) is 4.87. The molecule has 1 amide bonds. The molecule has 22 heavy (non-hydrogen) atoms. The Morgan fingerprint density at radius 3 is 2.27 bits per heavy atom. The van der Waals surface area contributed by atoms with Gasteiger partial charge in [0.1, 0.15) is 6.04 Å². The van der Waals surface area contributed by atoms with Gasteiger partial charge in [-0.1, -0.05) is 19.9 Å². The maximum Gasteiger partial charge on any atom is 0.337 e. The highest BCUT2D eigenvalue weighted by atomic mass is 16.5. The number of esters is 2. The van der Waals surface area contributed by atoms with Crippen molar-refractivity contribution in [3.8, 4) is 0 Å². The molecule has 0 spiro atoms. The van der Waals surface area contributed by atoms with Crippen LogP contribution in [0.1, 0.15) is 41.0 Å². The molecule has 120 valence electrons. The second kappa shape index (κ2) is 8.17. The molecule has 1 aromatic rings. The fourth-order valence-electron chi connectivity index (χ4n) is 1.97. The quantitative estimate of drug-likeness (QED) is 0.810. The van der Waals surface area contributed by atoms with E-state index < -0.39 is 23.9 Å². The van der Waals surface area contributed by atoms with Gasteiger partial charge < -0.3 is 14.8 Å². The van der Waals surface area contributed by atoms with Gasteiger partial charge in [0.2, 0.25) is 0 Å². The van der Waals surface area contributed by atoms with Gasteiger partial charge in [-0.2, -0.15) is 0 Å². The van der Waals surface area contributed by atoms with E-state index in [4.69, 9.17) is 4.74 Å². The van der Waals surface area contributed by atoms with Crippen LogP contribution in [0.2, 0.25) is 0 Å². The summed E-state index contributed by atoms with van der Waals surface area (Å²) in [6, 6.07) is 5.39. The van der Waals surface area contributed by atoms with E-state index >= 15 is 0 Å². The lowest BCUT2D eigenvalue weighted by Gasteiger charge is -2.18. The first-order valence-corrected chi connectivity index (χ1v) is 6.96. The van der Waals surface area contributed by atoms with Crippen LogP contribution in [0, 0.1) is 5.92 Å². The largest absolute Gasteiger partial charge is 0.467 e. The predicted molar refractivity (Wildman–Crippen MR) is 80.5 cm³/mol. The predicted octanol–water partition coefficient (Wildman–Crippen LogP) is 1.79. The fourth-order valence-corrected chi connectivity index (χ4v) is 1.97. The number of nitrogens with one attached hydrogen (secondary N) is 1. The van der Waals surface area contributed by atoms with Gasteiger partial charge in [-0.15, -0.1) is 0 Å². The third-order valence-corrected chi connectivity index (χ3v) is 3.04. The lowest BCUT2D eigenvalue weighted by molar-refractivity contribution is -0.143. The molecule has 0 aliphatic carbocycles. The summed E-state index contributed by atoms with van der Waals surface area (Å²) >= 11 is 0. The molecule has 0 aliphatic rings. The molecular weight excluding hydrogens is 286 g/mol. The van der Waals surface area contributed by atoms with Gasteiger partial charge in [0.15, 0.2) is 0 Å². The molecule has 0 aromatic heterocycles. The van der Waals surface area contributed by atoms with Crippen LogP contribution in [-0.4, -0.2) is 38.1 Å². The zero-order valence-electron chi connectivity index (χ0n) is 13.2. The number of carbonyl (C=O) groups excluding carboxylic acids is 3. The minimum atomic E-state index is -0.723. The number of ether oxygens (including phenoxy) is 2. The van der Waals surface area contributed by atoms with E-state index in [0.29, 0.717) is 6.42 Å². The van der Waals surface area contributed by atoms with E-state index in [1.165, 1.54) is 20.3 Å². The van der Waals surface area contributed by atoms with Crippen molar-refractivity contribution in [1.82, 2.24) is 5.32 Å². The number of carbonyl (C=O) groups is 3. The molecule has 0 fully saturated rings. The summed E-state index contributed by atoms with van der Waals surface area (Å²) in [4.78, 5) is 35.5. The molecule has 0 saturated heterocycles. The highest BCUT2D eigenvalue weighted by Gasteiger charge is 2.23. The van der Waals surface area contributed by atoms with E-state index in [0.717, 1.165) is 0 Å². The highest BCUT2D eigenvalue weighted by molar-refractivity contribution is 5.99. The average Bonchev–Trinajstić information content (AvgIpc) is 2.52. The standard InChI is InChI=1S/C16H21NO5/c1-10(2)8-13(16(20)22-4)17-14(18)11-6-5-7-12(9-11)15(19)21-3/h5-7,9-10,13H,8H2,1-4H3,(H,17,18). The van der Waals surface area contributed by atoms with Crippen LogP contribution in [0.25, 0.3) is 0 Å². The van der Waals surface area contributed by atoms with Gasteiger partial charge in [-0.3, -0.25) is 4.79 Å². The van der Waals surface area contributed by atoms with Crippen LogP contribution < -0.4 is 5.32 Å². The minimum absolute atomic E-state index is 0.214. The molecule has 1 rings (SSSR count). The first-order valence-electron chi connectivity index (χ1n) is 6.96. The van der Waals surface area contributed by atoms with E-state index in [1.54, 1.807) is 18.2 Å². The van der Waals surface area contributed by atoms with Crippen LogP contribution in [0.15, 0.2) is 24.3 Å². The van der Waals surface area contributed by atoms with Gasteiger partial charge in [0, 0.05) is 5.56 Å². The number of amides is 1.